The number of hydrogen-bond donors (Lipinski definition) is 1. The number of ether oxygens (including phenoxy) is 2. The number of methoxy groups -OCH3 is 1. The maximum atomic E-state index is 13.5. The summed E-state index contributed by atoms with van der Waals surface area (Å²) in [6, 6.07) is 13.8. The van der Waals surface area contributed by atoms with Gasteiger partial charge in [-0.25, -0.2) is 9.59 Å². The van der Waals surface area contributed by atoms with Gasteiger partial charge in [0.2, 0.25) is 0 Å². The minimum Gasteiger partial charge on any atom is -0.466 e. The zero-order chi connectivity index (χ0) is 25.3. The lowest BCUT2D eigenvalue weighted by atomic mass is 9.83. The number of carbonyl (C=O) groups is 2. The third kappa shape index (κ3) is 4.40. The van der Waals surface area contributed by atoms with Crippen LogP contribution in [0.2, 0.25) is 10.0 Å². The summed E-state index contributed by atoms with van der Waals surface area (Å²) in [4.78, 5) is 39.7. The Morgan fingerprint density at radius 1 is 1.06 bits per heavy atom. The summed E-state index contributed by atoms with van der Waals surface area (Å²) in [6.45, 7) is 1.71. The van der Waals surface area contributed by atoms with Crippen molar-refractivity contribution in [2.75, 3.05) is 13.7 Å². The molecule has 4 rings (SSSR count). The largest absolute Gasteiger partial charge is 0.466 e. The molecule has 7 nitrogen and oxygen atoms in total. The van der Waals surface area contributed by atoms with E-state index in [2.05, 4.69) is 0 Å². The van der Waals surface area contributed by atoms with Crippen LogP contribution in [-0.4, -0.2) is 30.2 Å². The lowest BCUT2D eigenvalue weighted by Crippen LogP contribution is -2.41. The van der Waals surface area contributed by atoms with Crippen LogP contribution in [0, 0.1) is 0 Å². The summed E-state index contributed by atoms with van der Waals surface area (Å²) in [5, 5.41) is 0.758. The molecule has 1 aromatic heterocycles. The van der Waals surface area contributed by atoms with Crippen LogP contribution in [-0.2, 0) is 19.1 Å². The Labute approximate surface area is 214 Å². The molecule has 1 atom stereocenters. The fourth-order valence-electron chi connectivity index (χ4n) is 3.92. The second-order valence-corrected chi connectivity index (χ2v) is 9.30. The van der Waals surface area contributed by atoms with Gasteiger partial charge in [-0.2, -0.15) is 0 Å². The normalized spacial score (nSPS) is 15.7. The van der Waals surface area contributed by atoms with Crippen molar-refractivity contribution >= 4 is 63.9 Å². The molecule has 3 aromatic rings. The van der Waals surface area contributed by atoms with Crippen molar-refractivity contribution in [1.82, 2.24) is 4.57 Å². The van der Waals surface area contributed by atoms with E-state index in [9.17, 15) is 14.4 Å². The SMILES string of the molecule is CCOC(=O)C1=C(N)n2c(s/c(=C/c3ccccc3Cl)c2=O)=C(C(=O)OC)C1c1ccccc1Cl. The summed E-state index contributed by atoms with van der Waals surface area (Å²) in [7, 11) is 1.22. The highest BCUT2D eigenvalue weighted by atomic mass is 35.5. The number of thiazole rings is 1. The molecule has 180 valence electrons. The first-order valence-electron chi connectivity index (χ1n) is 10.5. The zero-order valence-electron chi connectivity index (χ0n) is 18.7. The Bertz CT molecular complexity index is 1550. The number of esters is 2. The molecule has 2 heterocycles. The number of rotatable bonds is 5. The highest BCUT2D eigenvalue weighted by Gasteiger charge is 2.40. The second-order valence-electron chi connectivity index (χ2n) is 7.46. The molecule has 1 unspecified atom stereocenters. The lowest BCUT2D eigenvalue weighted by Gasteiger charge is -2.27. The van der Waals surface area contributed by atoms with Crippen molar-refractivity contribution in [1.29, 1.82) is 0 Å². The molecule has 1 aliphatic heterocycles. The number of nitrogens with two attached hydrogens (primary N) is 1. The van der Waals surface area contributed by atoms with Gasteiger partial charge < -0.3 is 15.2 Å². The van der Waals surface area contributed by atoms with Gasteiger partial charge in [0.05, 0.1) is 35.3 Å². The van der Waals surface area contributed by atoms with Crippen molar-refractivity contribution in [3.05, 3.63) is 94.8 Å². The van der Waals surface area contributed by atoms with Crippen LogP contribution in [0.25, 0.3) is 17.5 Å². The van der Waals surface area contributed by atoms with E-state index >= 15 is 0 Å². The standard InChI is InChI=1S/C25H20Cl2N2O5S/c1-3-34-25(32)19-18(14-9-5-7-11-16(14)27)20(24(31)33-2)23-29(21(19)28)22(30)17(35-23)12-13-8-4-6-10-15(13)26/h4-12,18H,3,28H2,1-2H3/b17-12+. The number of carbonyl (C=O) groups excluding carboxylic acids is 2. The first-order valence-corrected chi connectivity index (χ1v) is 12.1. The van der Waals surface area contributed by atoms with Gasteiger partial charge in [0, 0.05) is 10.0 Å². The Kier molecular flexibility index (Phi) is 7.16. The molecular formula is C25H20Cl2N2O5S. The van der Waals surface area contributed by atoms with Crippen LogP contribution < -0.4 is 20.5 Å². The third-order valence-corrected chi connectivity index (χ3v) is 7.25. The molecular weight excluding hydrogens is 511 g/mol. The van der Waals surface area contributed by atoms with E-state index in [0.717, 1.165) is 15.9 Å². The minimum absolute atomic E-state index is 0.0544. The van der Waals surface area contributed by atoms with E-state index in [1.54, 1.807) is 61.5 Å². The van der Waals surface area contributed by atoms with Crippen molar-refractivity contribution in [2.45, 2.75) is 12.8 Å². The fraction of sp³-hybridized carbons (Fsp3) is 0.160. The van der Waals surface area contributed by atoms with Crippen molar-refractivity contribution in [3.8, 4) is 0 Å². The molecule has 2 N–H and O–H groups in total. The summed E-state index contributed by atoms with van der Waals surface area (Å²) < 4.78 is 12.0. The first-order chi connectivity index (χ1) is 16.8. The van der Waals surface area contributed by atoms with Gasteiger partial charge in [0.1, 0.15) is 10.5 Å². The summed E-state index contributed by atoms with van der Waals surface area (Å²) >= 11 is 13.8. The van der Waals surface area contributed by atoms with E-state index in [0.29, 0.717) is 21.2 Å². The monoisotopic (exact) mass is 530 g/mol. The smallest absolute Gasteiger partial charge is 0.338 e. The molecule has 0 aliphatic carbocycles. The molecule has 0 radical (unpaired) electrons. The van der Waals surface area contributed by atoms with E-state index in [1.807, 2.05) is 0 Å². The quantitative estimate of drug-likeness (QED) is 0.509. The predicted molar refractivity (Wildman–Crippen MR) is 137 cm³/mol. The number of halogens is 2. The topological polar surface area (TPSA) is 101 Å². The fourth-order valence-corrected chi connectivity index (χ4v) is 5.51. The Balaban J connectivity index is 2.16. The van der Waals surface area contributed by atoms with Crippen LogP contribution >= 0.6 is 34.5 Å². The zero-order valence-corrected chi connectivity index (χ0v) is 21.0. The predicted octanol–water partition coefficient (Wildman–Crippen LogP) is 2.86. The van der Waals surface area contributed by atoms with Crippen LogP contribution in [0.4, 0.5) is 0 Å². The first kappa shape index (κ1) is 24.8. The summed E-state index contributed by atoms with van der Waals surface area (Å²) in [5.74, 6) is -2.65. The number of aromatic nitrogens is 1. The molecule has 0 amide bonds. The maximum Gasteiger partial charge on any atom is 0.338 e. The van der Waals surface area contributed by atoms with Crippen molar-refractivity contribution in [3.63, 3.8) is 0 Å². The molecule has 0 saturated carbocycles. The number of nitrogens with zero attached hydrogens (tertiary/aromatic N) is 1. The number of hydrogen-bond acceptors (Lipinski definition) is 7. The lowest BCUT2D eigenvalue weighted by molar-refractivity contribution is -0.138. The Morgan fingerprint density at radius 3 is 2.34 bits per heavy atom. The minimum atomic E-state index is -1.01. The van der Waals surface area contributed by atoms with E-state index in [4.69, 9.17) is 38.4 Å². The Morgan fingerprint density at radius 2 is 1.71 bits per heavy atom. The molecule has 1 aliphatic rings. The van der Waals surface area contributed by atoms with Crippen LogP contribution in [0.3, 0.4) is 0 Å². The van der Waals surface area contributed by atoms with Crippen molar-refractivity contribution in [2.24, 2.45) is 5.73 Å². The van der Waals surface area contributed by atoms with Crippen molar-refractivity contribution < 1.29 is 19.1 Å². The number of benzene rings is 2. The molecule has 0 saturated heterocycles. The summed E-state index contributed by atoms with van der Waals surface area (Å²) in [5.41, 5.74) is 6.97. The van der Waals surface area contributed by atoms with Gasteiger partial charge >= 0.3 is 11.9 Å². The molecule has 10 heteroatoms. The van der Waals surface area contributed by atoms with E-state index in [1.165, 1.54) is 7.11 Å². The van der Waals surface area contributed by atoms with Gasteiger partial charge in [0.25, 0.3) is 5.56 Å². The second kappa shape index (κ2) is 10.1. The van der Waals surface area contributed by atoms with Gasteiger partial charge in [-0.15, -0.1) is 11.3 Å². The number of fused-ring (bicyclic) bond motifs is 1. The molecule has 35 heavy (non-hydrogen) atoms. The van der Waals surface area contributed by atoms with Crippen LogP contribution in [0.1, 0.15) is 24.0 Å². The highest BCUT2D eigenvalue weighted by molar-refractivity contribution is 7.07. The van der Waals surface area contributed by atoms with Gasteiger partial charge in [0.15, 0.2) is 0 Å². The van der Waals surface area contributed by atoms with Gasteiger partial charge in [-0.05, 0) is 36.3 Å². The molecule has 0 fully saturated rings. The van der Waals surface area contributed by atoms with Gasteiger partial charge in [-0.3, -0.25) is 9.36 Å². The van der Waals surface area contributed by atoms with E-state index in [-0.39, 0.29) is 32.8 Å². The third-order valence-electron chi connectivity index (χ3n) is 5.46. The van der Waals surface area contributed by atoms with Crippen LogP contribution in [0.5, 0.6) is 0 Å². The molecule has 0 bridgehead atoms. The average molecular weight is 531 g/mol. The van der Waals surface area contributed by atoms with E-state index < -0.39 is 23.4 Å². The van der Waals surface area contributed by atoms with Crippen LogP contribution in [0.15, 0.2) is 58.9 Å². The molecule has 2 aromatic carbocycles. The maximum absolute atomic E-state index is 13.5. The summed E-state index contributed by atoms with van der Waals surface area (Å²) in [6.07, 6.45) is 1.61. The highest BCUT2D eigenvalue weighted by Crippen LogP contribution is 2.40. The Hall–Kier alpha value is -3.33. The molecule has 0 spiro atoms. The average Bonchev–Trinajstić information content (AvgIpc) is 3.16. The van der Waals surface area contributed by atoms with Gasteiger partial charge in [-0.1, -0.05) is 59.6 Å².